The van der Waals surface area contributed by atoms with E-state index in [1.54, 1.807) is 6.07 Å². The zero-order chi connectivity index (χ0) is 13.9. The highest BCUT2D eigenvalue weighted by Gasteiger charge is 2.13. The van der Waals surface area contributed by atoms with Gasteiger partial charge < -0.3 is 4.74 Å². The molecule has 0 aromatic heterocycles. The number of rotatable bonds is 3. The van der Waals surface area contributed by atoms with Crippen LogP contribution >= 0.6 is 0 Å². The smallest absolute Gasteiger partial charge is 0.130 e. The van der Waals surface area contributed by atoms with Crippen molar-refractivity contribution in [3.8, 4) is 11.5 Å². The summed E-state index contributed by atoms with van der Waals surface area (Å²) in [5.74, 6) is 1.01. The van der Waals surface area contributed by atoms with Gasteiger partial charge in [0.25, 0.3) is 0 Å². The third kappa shape index (κ3) is 4.40. The van der Waals surface area contributed by atoms with Gasteiger partial charge in [-0.05, 0) is 41.7 Å². The molecule has 0 saturated heterocycles. The van der Waals surface area contributed by atoms with Gasteiger partial charge in [-0.25, -0.2) is 4.39 Å². The van der Waals surface area contributed by atoms with Gasteiger partial charge in [0.1, 0.15) is 17.3 Å². The Bertz CT molecular complexity index is 541. The molecule has 0 heterocycles. The van der Waals surface area contributed by atoms with Crippen LogP contribution in [0.15, 0.2) is 48.5 Å². The summed E-state index contributed by atoms with van der Waals surface area (Å²) in [4.78, 5) is 0. The molecule has 2 heteroatoms. The molecule has 0 aliphatic heterocycles. The number of ether oxygens (including phenoxy) is 1. The van der Waals surface area contributed by atoms with Gasteiger partial charge in [-0.3, -0.25) is 0 Å². The predicted molar refractivity (Wildman–Crippen MR) is 76.1 cm³/mol. The highest BCUT2D eigenvalue weighted by molar-refractivity contribution is 5.34. The lowest BCUT2D eigenvalue weighted by molar-refractivity contribution is 0.408. The fraction of sp³-hybridized carbons (Fsp3) is 0.294. The van der Waals surface area contributed by atoms with Crippen LogP contribution in [0, 0.1) is 11.2 Å². The van der Waals surface area contributed by atoms with Crippen molar-refractivity contribution in [2.45, 2.75) is 27.2 Å². The van der Waals surface area contributed by atoms with Gasteiger partial charge in [0.15, 0.2) is 0 Å². The Morgan fingerprint density at radius 1 is 0.947 bits per heavy atom. The van der Waals surface area contributed by atoms with Gasteiger partial charge in [0.05, 0.1) is 0 Å². The van der Waals surface area contributed by atoms with Crippen molar-refractivity contribution in [2.75, 3.05) is 0 Å². The second-order valence-electron chi connectivity index (χ2n) is 5.95. The standard InChI is InChI=1S/C17H19FO/c1-17(2,3)12-13-9-14(18)11-16(10-13)19-15-7-5-4-6-8-15/h4-11H,12H2,1-3H3. The summed E-state index contributed by atoms with van der Waals surface area (Å²) in [7, 11) is 0. The Labute approximate surface area is 114 Å². The van der Waals surface area contributed by atoms with Crippen molar-refractivity contribution in [1.82, 2.24) is 0 Å². The monoisotopic (exact) mass is 258 g/mol. The Morgan fingerprint density at radius 2 is 1.63 bits per heavy atom. The van der Waals surface area contributed by atoms with Crippen LogP contribution in [0.4, 0.5) is 4.39 Å². The lowest BCUT2D eigenvalue weighted by atomic mass is 9.88. The number of benzene rings is 2. The summed E-state index contributed by atoms with van der Waals surface area (Å²) in [5.41, 5.74) is 1.08. The van der Waals surface area contributed by atoms with E-state index >= 15 is 0 Å². The Morgan fingerprint density at radius 3 is 2.26 bits per heavy atom. The van der Waals surface area contributed by atoms with Crippen LogP contribution in [-0.2, 0) is 6.42 Å². The maximum Gasteiger partial charge on any atom is 0.130 e. The third-order valence-electron chi connectivity index (χ3n) is 2.64. The summed E-state index contributed by atoms with van der Waals surface area (Å²) in [6, 6.07) is 14.3. The quantitative estimate of drug-likeness (QED) is 0.734. The molecule has 0 spiro atoms. The molecule has 0 saturated carbocycles. The highest BCUT2D eigenvalue weighted by Crippen LogP contribution is 2.27. The zero-order valence-corrected chi connectivity index (χ0v) is 11.6. The van der Waals surface area contributed by atoms with E-state index in [2.05, 4.69) is 20.8 Å². The first-order valence-corrected chi connectivity index (χ1v) is 6.45. The molecule has 2 aromatic rings. The van der Waals surface area contributed by atoms with E-state index in [1.807, 2.05) is 36.4 Å². The van der Waals surface area contributed by atoms with Crippen molar-refractivity contribution >= 4 is 0 Å². The minimum absolute atomic E-state index is 0.123. The number of hydrogen-bond acceptors (Lipinski definition) is 1. The normalized spacial score (nSPS) is 11.4. The fourth-order valence-electron chi connectivity index (χ4n) is 2.02. The number of halogens is 1. The topological polar surface area (TPSA) is 9.23 Å². The first kappa shape index (κ1) is 13.6. The van der Waals surface area contributed by atoms with Crippen molar-refractivity contribution in [1.29, 1.82) is 0 Å². The SMILES string of the molecule is CC(C)(C)Cc1cc(F)cc(Oc2ccccc2)c1. The molecule has 0 atom stereocenters. The van der Waals surface area contributed by atoms with Gasteiger partial charge in [-0.1, -0.05) is 39.0 Å². The first-order valence-electron chi connectivity index (χ1n) is 6.45. The van der Waals surface area contributed by atoms with Crippen molar-refractivity contribution in [2.24, 2.45) is 5.41 Å². The molecule has 0 radical (unpaired) electrons. The minimum Gasteiger partial charge on any atom is -0.457 e. The summed E-state index contributed by atoms with van der Waals surface area (Å²) < 4.78 is 19.3. The largest absolute Gasteiger partial charge is 0.457 e. The fourth-order valence-corrected chi connectivity index (χ4v) is 2.02. The summed E-state index contributed by atoms with van der Waals surface area (Å²) in [5, 5.41) is 0. The average molecular weight is 258 g/mol. The lowest BCUT2D eigenvalue weighted by Gasteiger charge is -2.18. The van der Waals surface area contributed by atoms with E-state index in [0.717, 1.165) is 17.7 Å². The third-order valence-corrected chi connectivity index (χ3v) is 2.64. The van der Waals surface area contributed by atoms with Gasteiger partial charge in [-0.2, -0.15) is 0 Å². The van der Waals surface area contributed by atoms with Crippen LogP contribution in [0.2, 0.25) is 0 Å². The summed E-state index contributed by atoms with van der Waals surface area (Å²) in [6.45, 7) is 6.40. The molecule has 0 N–H and O–H groups in total. The predicted octanol–water partition coefficient (Wildman–Crippen LogP) is 5.21. The summed E-state index contributed by atoms with van der Waals surface area (Å²) >= 11 is 0. The van der Waals surface area contributed by atoms with E-state index < -0.39 is 0 Å². The molecule has 100 valence electrons. The molecular weight excluding hydrogens is 239 g/mol. The number of para-hydroxylation sites is 1. The molecule has 0 fully saturated rings. The van der Waals surface area contributed by atoms with E-state index in [9.17, 15) is 4.39 Å². The molecule has 0 amide bonds. The molecule has 0 unspecified atom stereocenters. The minimum atomic E-state index is -0.257. The molecule has 0 aliphatic rings. The molecule has 0 aliphatic carbocycles. The highest BCUT2D eigenvalue weighted by atomic mass is 19.1. The van der Waals surface area contributed by atoms with Crippen molar-refractivity contribution in [3.05, 3.63) is 59.9 Å². The van der Waals surface area contributed by atoms with E-state index in [1.165, 1.54) is 6.07 Å². The molecule has 1 nitrogen and oxygen atoms in total. The first-order chi connectivity index (χ1) is 8.92. The van der Waals surface area contributed by atoms with E-state index in [0.29, 0.717) is 5.75 Å². The second kappa shape index (κ2) is 5.43. The van der Waals surface area contributed by atoms with E-state index in [4.69, 9.17) is 4.74 Å². The molecule has 2 rings (SSSR count). The zero-order valence-electron chi connectivity index (χ0n) is 11.6. The molecular formula is C17H19FO. The van der Waals surface area contributed by atoms with Gasteiger partial charge in [0, 0.05) is 6.07 Å². The molecule has 0 bridgehead atoms. The van der Waals surface area contributed by atoms with E-state index in [-0.39, 0.29) is 11.2 Å². The maximum absolute atomic E-state index is 13.6. The van der Waals surface area contributed by atoms with Crippen LogP contribution in [0.3, 0.4) is 0 Å². The van der Waals surface area contributed by atoms with Crippen LogP contribution in [0.1, 0.15) is 26.3 Å². The average Bonchev–Trinajstić information content (AvgIpc) is 2.26. The van der Waals surface area contributed by atoms with Crippen LogP contribution in [0.5, 0.6) is 11.5 Å². The van der Waals surface area contributed by atoms with Crippen molar-refractivity contribution < 1.29 is 9.13 Å². The molecule has 2 aromatic carbocycles. The van der Waals surface area contributed by atoms with Gasteiger partial charge >= 0.3 is 0 Å². The maximum atomic E-state index is 13.6. The summed E-state index contributed by atoms with van der Waals surface area (Å²) in [6.07, 6.45) is 0.815. The number of hydrogen-bond donors (Lipinski definition) is 0. The van der Waals surface area contributed by atoms with Gasteiger partial charge in [-0.15, -0.1) is 0 Å². The van der Waals surface area contributed by atoms with Crippen LogP contribution < -0.4 is 4.74 Å². The molecule has 19 heavy (non-hydrogen) atoms. The van der Waals surface area contributed by atoms with Gasteiger partial charge in [0.2, 0.25) is 0 Å². The Hall–Kier alpha value is -1.83. The Balaban J connectivity index is 2.22. The van der Waals surface area contributed by atoms with Crippen LogP contribution in [0.25, 0.3) is 0 Å². The van der Waals surface area contributed by atoms with Crippen molar-refractivity contribution in [3.63, 3.8) is 0 Å². The van der Waals surface area contributed by atoms with Crippen LogP contribution in [-0.4, -0.2) is 0 Å². The second-order valence-corrected chi connectivity index (χ2v) is 5.95. The Kier molecular flexibility index (Phi) is 3.89. The lowest BCUT2D eigenvalue weighted by Crippen LogP contribution is -2.09.